The van der Waals surface area contributed by atoms with Crippen molar-refractivity contribution in [2.24, 2.45) is 5.92 Å². The van der Waals surface area contributed by atoms with Crippen LogP contribution in [0.5, 0.6) is 0 Å². The zero-order chi connectivity index (χ0) is 16.7. The number of rotatable bonds is 0. The molecule has 1 unspecified atom stereocenters. The zero-order valence-corrected chi connectivity index (χ0v) is 12.4. The molecule has 0 saturated carbocycles. The van der Waals surface area contributed by atoms with Gasteiger partial charge in [-0.25, -0.2) is 9.69 Å². The van der Waals surface area contributed by atoms with Gasteiger partial charge in [0.25, 0.3) is 5.91 Å². The molecule has 7 heteroatoms. The van der Waals surface area contributed by atoms with Gasteiger partial charge in [-0.15, -0.1) is 0 Å². The maximum atomic E-state index is 12.6. The van der Waals surface area contributed by atoms with Crippen LogP contribution in [0.3, 0.4) is 0 Å². The summed E-state index contributed by atoms with van der Waals surface area (Å²) in [5, 5.41) is 0. The Morgan fingerprint density at radius 2 is 2.00 bits per heavy atom. The van der Waals surface area contributed by atoms with Crippen LogP contribution < -0.4 is 0 Å². The van der Waals surface area contributed by atoms with E-state index >= 15 is 0 Å². The molecule has 1 aliphatic heterocycles. The molecule has 0 spiro atoms. The van der Waals surface area contributed by atoms with E-state index in [9.17, 15) is 22.8 Å². The monoisotopic (exact) mass is 315 g/mol. The van der Waals surface area contributed by atoms with Crippen LogP contribution in [0.1, 0.15) is 27.2 Å². The Balaban J connectivity index is 2.41. The first-order valence-corrected chi connectivity index (χ1v) is 6.73. The van der Waals surface area contributed by atoms with Gasteiger partial charge in [0.05, 0.1) is 0 Å². The molecule has 0 bridgehead atoms. The molecule has 2 rings (SSSR count). The van der Waals surface area contributed by atoms with Gasteiger partial charge in [-0.05, 0) is 33.3 Å². The predicted octanol–water partition coefficient (Wildman–Crippen LogP) is 3.71. The Hall–Kier alpha value is -2.05. The highest BCUT2D eigenvalue weighted by molar-refractivity contribution is 6.08. The molecule has 0 aromatic heterocycles. The SMILES string of the molecule is CC(C)(C)OC(=O)N1C(=O)/C(=C/C(F)(F)F)C2CC=CC=C21. The first-order chi connectivity index (χ1) is 9.99. The topological polar surface area (TPSA) is 46.6 Å². The number of hydrogen-bond acceptors (Lipinski definition) is 3. The van der Waals surface area contributed by atoms with E-state index in [4.69, 9.17) is 4.74 Å². The van der Waals surface area contributed by atoms with E-state index in [0.29, 0.717) is 4.90 Å². The molecule has 1 saturated heterocycles. The summed E-state index contributed by atoms with van der Waals surface area (Å²) in [6.45, 7) is 4.85. The van der Waals surface area contributed by atoms with Crippen LogP contribution in [-0.4, -0.2) is 28.7 Å². The minimum atomic E-state index is -4.62. The summed E-state index contributed by atoms with van der Waals surface area (Å²) >= 11 is 0. The highest BCUT2D eigenvalue weighted by Crippen LogP contribution is 2.41. The number of amides is 2. The van der Waals surface area contributed by atoms with Crippen LogP contribution in [-0.2, 0) is 9.53 Å². The highest BCUT2D eigenvalue weighted by atomic mass is 19.4. The molecule has 0 radical (unpaired) electrons. The molecule has 120 valence electrons. The summed E-state index contributed by atoms with van der Waals surface area (Å²) in [5.74, 6) is -1.75. The summed E-state index contributed by atoms with van der Waals surface area (Å²) in [6.07, 6.45) is -0.656. The van der Waals surface area contributed by atoms with Crippen LogP contribution in [0.15, 0.2) is 35.6 Å². The minimum absolute atomic E-state index is 0.0304. The van der Waals surface area contributed by atoms with E-state index in [1.807, 2.05) is 0 Å². The summed E-state index contributed by atoms with van der Waals surface area (Å²) in [6, 6.07) is 0. The fraction of sp³-hybridized carbons (Fsp3) is 0.467. The minimum Gasteiger partial charge on any atom is -0.443 e. The Morgan fingerprint density at radius 1 is 1.36 bits per heavy atom. The molecule has 22 heavy (non-hydrogen) atoms. The normalized spacial score (nSPS) is 23.6. The number of carbonyl (C=O) groups is 2. The van der Waals surface area contributed by atoms with E-state index in [2.05, 4.69) is 0 Å². The molecule has 0 N–H and O–H groups in total. The molecule has 4 nitrogen and oxygen atoms in total. The number of imide groups is 1. The fourth-order valence-corrected chi connectivity index (χ4v) is 2.36. The number of nitrogens with zero attached hydrogens (tertiary/aromatic N) is 1. The Kier molecular flexibility index (Phi) is 3.93. The number of hydrogen-bond donors (Lipinski definition) is 0. The summed E-state index contributed by atoms with van der Waals surface area (Å²) in [4.78, 5) is 25.1. The zero-order valence-electron chi connectivity index (χ0n) is 12.4. The predicted molar refractivity (Wildman–Crippen MR) is 72.5 cm³/mol. The van der Waals surface area contributed by atoms with Crippen LogP contribution in [0.4, 0.5) is 18.0 Å². The van der Waals surface area contributed by atoms with Crippen LogP contribution in [0.25, 0.3) is 0 Å². The van der Waals surface area contributed by atoms with Crippen molar-refractivity contribution in [3.63, 3.8) is 0 Å². The Labute approximate surface area is 125 Å². The van der Waals surface area contributed by atoms with Gasteiger partial charge in [-0.3, -0.25) is 4.79 Å². The average Bonchev–Trinajstić information content (AvgIpc) is 2.59. The van der Waals surface area contributed by atoms with Crippen molar-refractivity contribution in [2.45, 2.75) is 39.0 Å². The molecular formula is C15H16F3NO3. The third-order valence-electron chi connectivity index (χ3n) is 3.11. The second kappa shape index (κ2) is 5.30. The van der Waals surface area contributed by atoms with E-state index in [0.717, 1.165) is 0 Å². The van der Waals surface area contributed by atoms with E-state index in [1.165, 1.54) is 6.08 Å². The first-order valence-electron chi connectivity index (χ1n) is 6.73. The number of ether oxygens (including phenoxy) is 1. The third-order valence-corrected chi connectivity index (χ3v) is 3.11. The van der Waals surface area contributed by atoms with Gasteiger partial charge in [-0.1, -0.05) is 12.2 Å². The maximum Gasteiger partial charge on any atom is 0.421 e. The van der Waals surface area contributed by atoms with E-state index in [-0.39, 0.29) is 18.2 Å². The molecule has 0 aromatic rings. The number of alkyl halides is 3. The molecule has 1 atom stereocenters. The second-order valence-corrected chi connectivity index (χ2v) is 6.07. The number of halogens is 3. The standard InChI is InChI=1S/C15H16F3NO3/c1-14(2,3)22-13(21)19-11-7-5-4-6-9(11)10(12(19)20)8-15(16,17)18/h4-5,7-9H,6H2,1-3H3/b10-8+. The third kappa shape index (κ3) is 3.40. The van der Waals surface area contributed by atoms with Crippen molar-refractivity contribution >= 4 is 12.0 Å². The number of carbonyl (C=O) groups excluding carboxylic acids is 2. The molecule has 1 aliphatic carbocycles. The molecule has 2 aliphatic rings. The lowest BCUT2D eigenvalue weighted by molar-refractivity contribution is -0.124. The van der Waals surface area contributed by atoms with Crippen molar-refractivity contribution in [1.29, 1.82) is 0 Å². The Morgan fingerprint density at radius 3 is 2.55 bits per heavy atom. The average molecular weight is 315 g/mol. The second-order valence-electron chi connectivity index (χ2n) is 6.07. The van der Waals surface area contributed by atoms with Gasteiger partial charge in [0, 0.05) is 23.3 Å². The quantitative estimate of drug-likeness (QED) is 0.640. The number of likely N-dealkylation sites (tertiary alicyclic amines) is 1. The highest BCUT2D eigenvalue weighted by Gasteiger charge is 2.46. The van der Waals surface area contributed by atoms with E-state index < -0.39 is 35.3 Å². The van der Waals surface area contributed by atoms with Crippen molar-refractivity contribution in [3.8, 4) is 0 Å². The van der Waals surface area contributed by atoms with Gasteiger partial charge < -0.3 is 4.74 Å². The fourth-order valence-electron chi connectivity index (χ4n) is 2.36. The van der Waals surface area contributed by atoms with Gasteiger partial charge in [0.1, 0.15) is 5.60 Å². The van der Waals surface area contributed by atoms with Crippen molar-refractivity contribution in [2.75, 3.05) is 0 Å². The van der Waals surface area contributed by atoms with Crippen molar-refractivity contribution < 1.29 is 27.5 Å². The van der Waals surface area contributed by atoms with Crippen LogP contribution in [0.2, 0.25) is 0 Å². The van der Waals surface area contributed by atoms with Gasteiger partial charge >= 0.3 is 12.3 Å². The summed E-state index contributed by atoms with van der Waals surface area (Å²) in [7, 11) is 0. The molecule has 1 fully saturated rings. The largest absolute Gasteiger partial charge is 0.443 e. The number of allylic oxidation sites excluding steroid dienone is 5. The molecule has 0 aromatic carbocycles. The van der Waals surface area contributed by atoms with Crippen LogP contribution in [0, 0.1) is 5.92 Å². The molecular weight excluding hydrogens is 299 g/mol. The lowest BCUT2D eigenvalue weighted by atomic mass is 9.92. The van der Waals surface area contributed by atoms with Crippen molar-refractivity contribution in [3.05, 3.63) is 35.6 Å². The lowest BCUT2D eigenvalue weighted by Crippen LogP contribution is -2.37. The maximum absolute atomic E-state index is 12.6. The lowest BCUT2D eigenvalue weighted by Gasteiger charge is -2.25. The smallest absolute Gasteiger partial charge is 0.421 e. The summed E-state index contributed by atoms with van der Waals surface area (Å²) < 4.78 is 43.0. The summed E-state index contributed by atoms with van der Waals surface area (Å²) in [5.41, 5.74) is -1.07. The number of fused-ring (bicyclic) bond motifs is 1. The van der Waals surface area contributed by atoms with E-state index in [1.54, 1.807) is 32.9 Å². The van der Waals surface area contributed by atoms with Gasteiger partial charge in [0.15, 0.2) is 0 Å². The van der Waals surface area contributed by atoms with Gasteiger partial charge in [0.2, 0.25) is 0 Å². The van der Waals surface area contributed by atoms with Crippen LogP contribution >= 0.6 is 0 Å². The molecule has 1 heterocycles. The molecule has 2 amide bonds. The van der Waals surface area contributed by atoms with Gasteiger partial charge in [-0.2, -0.15) is 13.2 Å². The Bertz CT molecular complexity index is 594. The van der Waals surface area contributed by atoms with Crippen molar-refractivity contribution in [1.82, 2.24) is 4.90 Å². The first kappa shape index (κ1) is 16.3.